The van der Waals surface area contributed by atoms with Crippen LogP contribution < -0.4 is 5.32 Å². The highest BCUT2D eigenvalue weighted by Crippen LogP contribution is 2.27. The molecule has 0 bridgehead atoms. The summed E-state index contributed by atoms with van der Waals surface area (Å²) < 4.78 is 5.87. The van der Waals surface area contributed by atoms with Gasteiger partial charge in [-0.05, 0) is 31.0 Å². The third kappa shape index (κ3) is 4.14. The fourth-order valence-corrected chi connectivity index (χ4v) is 3.42. The second-order valence-electron chi connectivity index (χ2n) is 7.17. The van der Waals surface area contributed by atoms with E-state index in [1.54, 1.807) is 0 Å². The van der Waals surface area contributed by atoms with Crippen molar-refractivity contribution in [1.29, 1.82) is 0 Å². The van der Waals surface area contributed by atoms with Crippen molar-refractivity contribution in [2.75, 3.05) is 0 Å². The van der Waals surface area contributed by atoms with E-state index >= 15 is 0 Å². The Morgan fingerprint density at radius 2 is 1.38 bits per heavy atom. The molecule has 1 N–H and O–H groups in total. The number of benzene rings is 3. The summed E-state index contributed by atoms with van der Waals surface area (Å²) in [7, 11) is 0. The molecular formula is C26H23NO2. The second-order valence-corrected chi connectivity index (χ2v) is 7.17. The Balaban J connectivity index is 1.65. The molecule has 1 heterocycles. The van der Waals surface area contributed by atoms with E-state index in [0.717, 1.165) is 16.7 Å². The molecule has 29 heavy (non-hydrogen) atoms. The number of aryl methyl sites for hydroxylation is 2. The van der Waals surface area contributed by atoms with Gasteiger partial charge < -0.3 is 9.73 Å². The molecule has 4 rings (SSSR count). The molecule has 3 heteroatoms. The van der Waals surface area contributed by atoms with Crippen LogP contribution in [0.4, 0.5) is 0 Å². The lowest BCUT2D eigenvalue weighted by atomic mass is 9.97. The van der Waals surface area contributed by atoms with E-state index in [1.165, 1.54) is 5.56 Å². The number of carbonyl (C=O) groups is 1. The molecule has 4 aromatic rings. The first-order valence-electron chi connectivity index (χ1n) is 9.70. The SMILES string of the molecule is Cc1ccc([C@@H](NC(=O)c2cc(-c3ccccc3)oc2C)c2ccccc2)cc1. The minimum Gasteiger partial charge on any atom is -0.461 e. The number of nitrogens with one attached hydrogen (secondary N) is 1. The van der Waals surface area contributed by atoms with Gasteiger partial charge in [0.1, 0.15) is 11.5 Å². The number of rotatable bonds is 5. The van der Waals surface area contributed by atoms with Crippen LogP contribution in [-0.2, 0) is 0 Å². The van der Waals surface area contributed by atoms with Crippen LogP contribution in [0.15, 0.2) is 95.4 Å². The summed E-state index contributed by atoms with van der Waals surface area (Å²) in [5, 5.41) is 3.19. The summed E-state index contributed by atoms with van der Waals surface area (Å²) in [5.74, 6) is 1.15. The van der Waals surface area contributed by atoms with E-state index in [9.17, 15) is 4.79 Å². The van der Waals surface area contributed by atoms with E-state index in [-0.39, 0.29) is 11.9 Å². The van der Waals surface area contributed by atoms with E-state index in [4.69, 9.17) is 4.42 Å². The molecule has 0 saturated heterocycles. The van der Waals surface area contributed by atoms with Gasteiger partial charge in [-0.15, -0.1) is 0 Å². The molecule has 144 valence electrons. The van der Waals surface area contributed by atoms with Crippen LogP contribution in [0.1, 0.15) is 38.9 Å². The number of hydrogen-bond acceptors (Lipinski definition) is 2. The van der Waals surface area contributed by atoms with Gasteiger partial charge in [-0.25, -0.2) is 0 Å². The van der Waals surface area contributed by atoms with Crippen LogP contribution in [0.3, 0.4) is 0 Å². The van der Waals surface area contributed by atoms with Crippen molar-refractivity contribution < 1.29 is 9.21 Å². The first kappa shape index (κ1) is 18.8. The molecule has 0 aliphatic rings. The number of furan rings is 1. The van der Waals surface area contributed by atoms with Crippen LogP contribution in [0.5, 0.6) is 0 Å². The van der Waals surface area contributed by atoms with Gasteiger partial charge in [0, 0.05) is 5.56 Å². The number of amides is 1. The van der Waals surface area contributed by atoms with Gasteiger partial charge in [0.15, 0.2) is 0 Å². The molecule has 0 aliphatic heterocycles. The van der Waals surface area contributed by atoms with Gasteiger partial charge in [-0.1, -0.05) is 90.5 Å². The normalized spacial score (nSPS) is 11.8. The van der Waals surface area contributed by atoms with Gasteiger partial charge in [0.2, 0.25) is 0 Å². The van der Waals surface area contributed by atoms with Crippen molar-refractivity contribution in [3.63, 3.8) is 0 Å². The molecule has 1 aromatic heterocycles. The second kappa shape index (κ2) is 8.19. The minimum absolute atomic E-state index is 0.150. The van der Waals surface area contributed by atoms with Crippen LogP contribution in [0.2, 0.25) is 0 Å². The maximum Gasteiger partial charge on any atom is 0.255 e. The molecule has 0 spiro atoms. The molecule has 1 amide bonds. The topological polar surface area (TPSA) is 42.2 Å². The molecule has 3 aromatic carbocycles. The van der Waals surface area contributed by atoms with Crippen LogP contribution >= 0.6 is 0 Å². The lowest BCUT2D eigenvalue weighted by Gasteiger charge is -2.20. The van der Waals surface area contributed by atoms with E-state index in [0.29, 0.717) is 17.1 Å². The van der Waals surface area contributed by atoms with E-state index in [2.05, 4.69) is 36.5 Å². The average molecular weight is 381 g/mol. The predicted octanol–water partition coefficient (Wildman–Crippen LogP) is 6.08. The summed E-state index contributed by atoms with van der Waals surface area (Å²) >= 11 is 0. The highest BCUT2D eigenvalue weighted by Gasteiger charge is 2.21. The monoisotopic (exact) mass is 381 g/mol. The van der Waals surface area contributed by atoms with Crippen molar-refractivity contribution in [2.45, 2.75) is 19.9 Å². The third-order valence-corrected chi connectivity index (χ3v) is 5.04. The summed E-state index contributed by atoms with van der Waals surface area (Å²) in [6, 6.07) is 29.6. The molecule has 0 saturated carbocycles. The third-order valence-electron chi connectivity index (χ3n) is 5.04. The first-order chi connectivity index (χ1) is 14.1. The highest BCUT2D eigenvalue weighted by molar-refractivity contribution is 5.96. The van der Waals surface area contributed by atoms with Crippen molar-refractivity contribution in [3.05, 3.63) is 119 Å². The fraction of sp³-hybridized carbons (Fsp3) is 0.115. The quantitative estimate of drug-likeness (QED) is 0.455. The number of hydrogen-bond donors (Lipinski definition) is 1. The average Bonchev–Trinajstić information content (AvgIpc) is 3.16. The van der Waals surface area contributed by atoms with Crippen molar-refractivity contribution in [2.24, 2.45) is 0 Å². The summed E-state index contributed by atoms with van der Waals surface area (Å²) in [6.07, 6.45) is 0. The van der Waals surface area contributed by atoms with E-state index in [1.807, 2.05) is 73.7 Å². The summed E-state index contributed by atoms with van der Waals surface area (Å²) in [4.78, 5) is 13.2. The standard InChI is InChI=1S/C26H23NO2/c1-18-13-15-22(16-14-18)25(21-11-7-4-8-12-21)27-26(28)23-17-24(29-19(23)2)20-9-5-3-6-10-20/h3-17,25H,1-2H3,(H,27,28)/t25-/m0/s1. The molecule has 1 atom stereocenters. The Hall–Kier alpha value is -3.59. The van der Waals surface area contributed by atoms with Gasteiger partial charge in [0.05, 0.1) is 11.6 Å². The zero-order valence-corrected chi connectivity index (χ0v) is 16.6. The zero-order chi connectivity index (χ0) is 20.2. The molecular weight excluding hydrogens is 358 g/mol. The maximum atomic E-state index is 13.2. The van der Waals surface area contributed by atoms with Gasteiger partial charge in [-0.2, -0.15) is 0 Å². The van der Waals surface area contributed by atoms with Crippen molar-refractivity contribution in [3.8, 4) is 11.3 Å². The molecule has 0 aliphatic carbocycles. The highest BCUT2D eigenvalue weighted by atomic mass is 16.3. The Morgan fingerprint density at radius 3 is 2.03 bits per heavy atom. The number of carbonyl (C=O) groups excluding carboxylic acids is 1. The smallest absolute Gasteiger partial charge is 0.255 e. The Labute approximate surface area is 171 Å². The molecule has 0 unspecified atom stereocenters. The zero-order valence-electron chi connectivity index (χ0n) is 16.6. The largest absolute Gasteiger partial charge is 0.461 e. The van der Waals surface area contributed by atoms with Crippen molar-refractivity contribution >= 4 is 5.91 Å². The minimum atomic E-state index is -0.237. The van der Waals surface area contributed by atoms with Crippen LogP contribution in [0.25, 0.3) is 11.3 Å². The van der Waals surface area contributed by atoms with Crippen LogP contribution in [0, 0.1) is 13.8 Å². The van der Waals surface area contributed by atoms with Gasteiger partial charge >= 0.3 is 0 Å². The Kier molecular flexibility index (Phi) is 5.30. The van der Waals surface area contributed by atoms with Crippen LogP contribution in [-0.4, -0.2) is 5.91 Å². The fourth-order valence-electron chi connectivity index (χ4n) is 3.42. The van der Waals surface area contributed by atoms with E-state index < -0.39 is 0 Å². The van der Waals surface area contributed by atoms with Gasteiger partial charge in [-0.3, -0.25) is 4.79 Å². The summed E-state index contributed by atoms with van der Waals surface area (Å²) in [6.45, 7) is 3.88. The lowest BCUT2D eigenvalue weighted by molar-refractivity contribution is 0.0941. The Morgan fingerprint density at radius 1 is 0.793 bits per heavy atom. The molecule has 3 nitrogen and oxygen atoms in total. The maximum absolute atomic E-state index is 13.2. The Bertz CT molecular complexity index is 1100. The van der Waals surface area contributed by atoms with Crippen molar-refractivity contribution in [1.82, 2.24) is 5.32 Å². The first-order valence-corrected chi connectivity index (χ1v) is 9.70. The lowest BCUT2D eigenvalue weighted by Crippen LogP contribution is -2.29. The van der Waals surface area contributed by atoms with Gasteiger partial charge in [0.25, 0.3) is 5.91 Å². The summed E-state index contributed by atoms with van der Waals surface area (Å²) in [5.41, 5.74) is 4.77. The molecule has 0 radical (unpaired) electrons. The predicted molar refractivity (Wildman–Crippen MR) is 116 cm³/mol. The molecule has 0 fully saturated rings.